The number of nitrogens with zero attached hydrogens (tertiary/aromatic N) is 2. The minimum absolute atomic E-state index is 0.154. The van der Waals surface area contributed by atoms with Gasteiger partial charge in [-0.3, -0.25) is 9.78 Å². The Hall–Kier alpha value is -3.10. The molecule has 0 radical (unpaired) electrons. The molecule has 0 atom stereocenters. The van der Waals surface area contributed by atoms with Gasteiger partial charge < -0.3 is 4.74 Å². The minimum Gasteiger partial charge on any atom is -0.454 e. The predicted octanol–water partition coefficient (Wildman–Crippen LogP) is 3.68. The maximum atomic E-state index is 12.6. The standard InChI is InChI=1S/C24H24N2O5S/c1-16-5-10-22-19(13-16)14-21(17(2)25-22)24(28)31-15-23(27)18-6-8-20(9-7-18)32(29,30)26-11-3-4-12-26/h5-10,13-14H,3-4,11-12,15H2,1-2H3. The van der Waals surface area contributed by atoms with E-state index in [9.17, 15) is 18.0 Å². The van der Waals surface area contributed by atoms with Crippen LogP contribution in [0.5, 0.6) is 0 Å². The topological polar surface area (TPSA) is 93.6 Å². The molecule has 7 nitrogen and oxygen atoms in total. The van der Waals surface area contributed by atoms with E-state index in [1.807, 2.05) is 25.1 Å². The zero-order chi connectivity index (χ0) is 22.9. The second-order valence-electron chi connectivity index (χ2n) is 7.95. The van der Waals surface area contributed by atoms with Crippen molar-refractivity contribution in [2.45, 2.75) is 31.6 Å². The number of fused-ring (bicyclic) bond motifs is 1. The van der Waals surface area contributed by atoms with E-state index in [0.29, 0.717) is 24.3 Å². The molecule has 1 aliphatic heterocycles. The second kappa shape index (κ2) is 8.80. The molecule has 1 aliphatic rings. The number of sulfonamides is 1. The lowest BCUT2D eigenvalue weighted by Crippen LogP contribution is -2.27. The Morgan fingerprint density at radius 1 is 1.00 bits per heavy atom. The number of ketones is 1. The second-order valence-corrected chi connectivity index (χ2v) is 9.89. The molecule has 0 spiro atoms. The van der Waals surface area contributed by atoms with E-state index in [1.54, 1.807) is 13.0 Å². The molecule has 0 aliphatic carbocycles. The third kappa shape index (κ3) is 4.42. The molecule has 0 saturated carbocycles. The van der Waals surface area contributed by atoms with Gasteiger partial charge in [0.25, 0.3) is 0 Å². The van der Waals surface area contributed by atoms with Gasteiger partial charge in [0.1, 0.15) is 0 Å². The van der Waals surface area contributed by atoms with E-state index in [4.69, 9.17) is 4.74 Å². The summed E-state index contributed by atoms with van der Waals surface area (Å²) in [5.41, 5.74) is 2.94. The van der Waals surface area contributed by atoms with Crippen molar-refractivity contribution in [1.29, 1.82) is 0 Å². The largest absolute Gasteiger partial charge is 0.454 e. The number of aromatic nitrogens is 1. The van der Waals surface area contributed by atoms with Crippen LogP contribution in [0.25, 0.3) is 10.9 Å². The number of Topliss-reactive ketones (excluding diaryl/α,β-unsaturated/α-hetero) is 1. The van der Waals surface area contributed by atoms with Crippen LogP contribution in [0, 0.1) is 13.8 Å². The molecule has 1 saturated heterocycles. The molecule has 8 heteroatoms. The van der Waals surface area contributed by atoms with E-state index in [0.717, 1.165) is 29.3 Å². The van der Waals surface area contributed by atoms with Crippen molar-refractivity contribution in [3.63, 3.8) is 0 Å². The van der Waals surface area contributed by atoms with Gasteiger partial charge in [0.2, 0.25) is 10.0 Å². The Bertz CT molecular complexity index is 1290. The van der Waals surface area contributed by atoms with Gasteiger partial charge in [-0.2, -0.15) is 4.31 Å². The van der Waals surface area contributed by atoms with Gasteiger partial charge in [0.15, 0.2) is 12.4 Å². The number of hydrogen-bond acceptors (Lipinski definition) is 6. The van der Waals surface area contributed by atoms with Crippen LogP contribution >= 0.6 is 0 Å². The molecule has 0 bridgehead atoms. The molecular weight excluding hydrogens is 428 g/mol. The first-order valence-corrected chi connectivity index (χ1v) is 11.9. The quantitative estimate of drug-likeness (QED) is 0.418. The lowest BCUT2D eigenvalue weighted by Gasteiger charge is -2.15. The van der Waals surface area contributed by atoms with Crippen LogP contribution in [0.1, 0.15) is 44.8 Å². The summed E-state index contributed by atoms with van der Waals surface area (Å²) < 4.78 is 31.9. The van der Waals surface area contributed by atoms with Crippen LogP contribution < -0.4 is 0 Å². The van der Waals surface area contributed by atoms with Crippen LogP contribution in [-0.4, -0.2) is 49.2 Å². The molecule has 166 valence electrons. The summed E-state index contributed by atoms with van der Waals surface area (Å²) in [4.78, 5) is 29.6. The zero-order valence-corrected chi connectivity index (χ0v) is 18.8. The van der Waals surface area contributed by atoms with Crippen LogP contribution in [0.3, 0.4) is 0 Å². The number of carbonyl (C=O) groups is 2. The van der Waals surface area contributed by atoms with Gasteiger partial charge in [-0.1, -0.05) is 11.6 Å². The Morgan fingerprint density at radius 2 is 1.69 bits per heavy atom. The number of benzene rings is 2. The third-order valence-electron chi connectivity index (χ3n) is 5.59. The molecule has 4 rings (SSSR count). The van der Waals surface area contributed by atoms with E-state index in [1.165, 1.54) is 28.6 Å². The molecular formula is C24H24N2O5S. The molecule has 1 aromatic heterocycles. The highest BCUT2D eigenvalue weighted by atomic mass is 32.2. The summed E-state index contributed by atoms with van der Waals surface area (Å²) in [6.45, 7) is 4.26. The normalized spacial score (nSPS) is 14.6. The van der Waals surface area contributed by atoms with Gasteiger partial charge in [-0.25, -0.2) is 13.2 Å². The summed E-state index contributed by atoms with van der Waals surface area (Å²) in [6.07, 6.45) is 1.71. The van der Waals surface area contributed by atoms with Crippen molar-refractivity contribution >= 4 is 32.7 Å². The minimum atomic E-state index is -3.54. The third-order valence-corrected chi connectivity index (χ3v) is 7.51. The van der Waals surface area contributed by atoms with Gasteiger partial charge in [-0.15, -0.1) is 0 Å². The number of hydrogen-bond donors (Lipinski definition) is 0. The monoisotopic (exact) mass is 452 g/mol. The fourth-order valence-electron chi connectivity index (χ4n) is 3.78. The lowest BCUT2D eigenvalue weighted by molar-refractivity contribution is 0.0473. The first kappa shape index (κ1) is 22.1. The first-order valence-electron chi connectivity index (χ1n) is 10.4. The van der Waals surface area contributed by atoms with Crippen molar-refractivity contribution < 1.29 is 22.7 Å². The lowest BCUT2D eigenvalue weighted by atomic mass is 10.1. The molecule has 3 aromatic rings. The van der Waals surface area contributed by atoms with E-state index >= 15 is 0 Å². The number of aryl methyl sites for hydroxylation is 2. The van der Waals surface area contributed by atoms with Crippen LogP contribution in [0.4, 0.5) is 0 Å². The summed E-state index contributed by atoms with van der Waals surface area (Å²) in [7, 11) is -3.54. The van der Waals surface area contributed by atoms with Gasteiger partial charge in [-0.05, 0) is 69.2 Å². The van der Waals surface area contributed by atoms with Crippen LogP contribution in [-0.2, 0) is 14.8 Å². The molecule has 0 N–H and O–H groups in total. The maximum Gasteiger partial charge on any atom is 0.340 e. The van der Waals surface area contributed by atoms with Crippen molar-refractivity contribution in [2.24, 2.45) is 0 Å². The van der Waals surface area contributed by atoms with Crippen molar-refractivity contribution in [1.82, 2.24) is 9.29 Å². The fraction of sp³-hybridized carbons (Fsp3) is 0.292. The Morgan fingerprint density at radius 3 is 2.38 bits per heavy atom. The molecule has 0 amide bonds. The smallest absolute Gasteiger partial charge is 0.340 e. The molecule has 32 heavy (non-hydrogen) atoms. The molecule has 2 aromatic carbocycles. The Labute approximate surface area is 187 Å². The van der Waals surface area contributed by atoms with Crippen LogP contribution in [0.2, 0.25) is 0 Å². The molecule has 1 fully saturated rings. The number of ether oxygens (including phenoxy) is 1. The summed E-state index contributed by atoms with van der Waals surface area (Å²) >= 11 is 0. The Kier molecular flexibility index (Phi) is 6.08. The molecule has 2 heterocycles. The fourth-order valence-corrected chi connectivity index (χ4v) is 5.30. The van der Waals surface area contributed by atoms with Gasteiger partial charge in [0, 0.05) is 24.0 Å². The SMILES string of the molecule is Cc1ccc2nc(C)c(C(=O)OCC(=O)c3ccc(S(=O)(=O)N4CCCC4)cc3)cc2c1. The number of carbonyl (C=O) groups excluding carboxylic acids is 2. The number of rotatable bonds is 6. The van der Waals surface area contributed by atoms with E-state index < -0.39 is 28.4 Å². The summed E-state index contributed by atoms with van der Waals surface area (Å²) in [5.74, 6) is -1.04. The average molecular weight is 453 g/mol. The summed E-state index contributed by atoms with van der Waals surface area (Å²) in [5, 5.41) is 0.823. The van der Waals surface area contributed by atoms with Crippen molar-refractivity contribution in [3.8, 4) is 0 Å². The highest BCUT2D eigenvalue weighted by molar-refractivity contribution is 7.89. The number of pyridine rings is 1. The van der Waals surface area contributed by atoms with Crippen molar-refractivity contribution in [3.05, 3.63) is 70.9 Å². The van der Waals surface area contributed by atoms with Crippen molar-refractivity contribution in [2.75, 3.05) is 19.7 Å². The highest BCUT2D eigenvalue weighted by Gasteiger charge is 2.27. The highest BCUT2D eigenvalue weighted by Crippen LogP contribution is 2.22. The zero-order valence-electron chi connectivity index (χ0n) is 18.0. The molecule has 0 unspecified atom stereocenters. The first-order chi connectivity index (χ1) is 15.3. The van der Waals surface area contributed by atoms with Crippen LogP contribution in [0.15, 0.2) is 53.4 Å². The predicted molar refractivity (Wildman–Crippen MR) is 120 cm³/mol. The number of esters is 1. The van der Waals surface area contributed by atoms with Gasteiger partial charge >= 0.3 is 5.97 Å². The van der Waals surface area contributed by atoms with E-state index in [-0.39, 0.29) is 10.5 Å². The maximum absolute atomic E-state index is 12.6. The Balaban J connectivity index is 1.44. The average Bonchev–Trinajstić information content (AvgIpc) is 3.33. The van der Waals surface area contributed by atoms with Gasteiger partial charge in [0.05, 0.1) is 21.7 Å². The van der Waals surface area contributed by atoms with E-state index in [2.05, 4.69) is 4.98 Å². The summed E-state index contributed by atoms with van der Waals surface area (Å²) in [6, 6.07) is 13.2.